The molecule has 1 unspecified atom stereocenters. The molecule has 1 aromatic carbocycles. The zero-order chi connectivity index (χ0) is 14.2. The molecule has 2 aromatic rings. The Kier molecular flexibility index (Phi) is 3.44. The summed E-state index contributed by atoms with van der Waals surface area (Å²) in [5, 5.41) is 4.11. The fourth-order valence-corrected chi connectivity index (χ4v) is 3.25. The van der Waals surface area contributed by atoms with E-state index in [0.29, 0.717) is 6.54 Å². The fraction of sp³-hybridized carbons (Fsp3) is 0.375. The van der Waals surface area contributed by atoms with Crippen molar-refractivity contribution in [2.45, 2.75) is 32.0 Å². The summed E-state index contributed by atoms with van der Waals surface area (Å²) in [5.41, 5.74) is 8.01. The maximum absolute atomic E-state index is 6.10. The molecule has 1 aliphatic heterocycles. The van der Waals surface area contributed by atoms with Crippen molar-refractivity contribution in [3.05, 3.63) is 46.2 Å². The molecule has 2 N–H and O–H groups in total. The first-order chi connectivity index (χ1) is 9.59. The average Bonchev–Trinajstić information content (AvgIpc) is 3.01. The fourth-order valence-electron chi connectivity index (χ4n) is 2.54. The van der Waals surface area contributed by atoms with Crippen molar-refractivity contribution in [2.24, 2.45) is 5.73 Å². The van der Waals surface area contributed by atoms with Gasteiger partial charge in [-0.15, -0.1) is 0 Å². The Balaban J connectivity index is 1.88. The molecule has 0 spiro atoms. The molecule has 0 bridgehead atoms. The molecular formula is C16H19NO2S. The summed E-state index contributed by atoms with van der Waals surface area (Å²) in [5.74, 6) is 1.65. The maximum Gasteiger partial charge on any atom is 0.165 e. The highest BCUT2D eigenvalue weighted by molar-refractivity contribution is 7.07. The van der Waals surface area contributed by atoms with Crippen LogP contribution in [0.15, 0.2) is 35.0 Å². The number of para-hydroxylation sites is 1. The molecule has 0 radical (unpaired) electrons. The Labute approximate surface area is 123 Å². The minimum atomic E-state index is -0.164. The van der Waals surface area contributed by atoms with Gasteiger partial charge in [-0.25, -0.2) is 0 Å². The first-order valence-electron chi connectivity index (χ1n) is 6.79. The molecule has 3 nitrogen and oxygen atoms in total. The highest BCUT2D eigenvalue weighted by Gasteiger charge is 2.32. The molecule has 106 valence electrons. The van der Waals surface area contributed by atoms with Crippen LogP contribution in [0.5, 0.6) is 11.5 Å². The molecule has 0 saturated carbocycles. The maximum atomic E-state index is 6.10. The van der Waals surface area contributed by atoms with Crippen LogP contribution in [0.4, 0.5) is 0 Å². The monoisotopic (exact) mass is 289 g/mol. The molecule has 3 rings (SSSR count). The van der Waals surface area contributed by atoms with E-state index in [4.69, 9.17) is 15.2 Å². The van der Waals surface area contributed by atoms with Crippen molar-refractivity contribution in [1.29, 1.82) is 0 Å². The average molecular weight is 289 g/mol. The zero-order valence-corrected chi connectivity index (χ0v) is 12.6. The molecule has 0 fully saturated rings. The van der Waals surface area contributed by atoms with Crippen molar-refractivity contribution >= 4 is 11.3 Å². The smallest absolute Gasteiger partial charge is 0.165 e. The van der Waals surface area contributed by atoms with E-state index in [9.17, 15) is 0 Å². The number of rotatable bonds is 4. The number of hydrogen-bond acceptors (Lipinski definition) is 4. The van der Waals surface area contributed by atoms with Crippen molar-refractivity contribution in [1.82, 2.24) is 0 Å². The van der Waals surface area contributed by atoms with Gasteiger partial charge >= 0.3 is 0 Å². The molecular weight excluding hydrogens is 270 g/mol. The highest BCUT2D eigenvalue weighted by Crippen LogP contribution is 2.43. The number of benzene rings is 1. The first kappa shape index (κ1) is 13.5. The number of ether oxygens (including phenoxy) is 2. The summed E-state index contributed by atoms with van der Waals surface area (Å²) in [6.45, 7) is 4.63. The van der Waals surface area contributed by atoms with Gasteiger partial charge in [-0.2, -0.15) is 11.3 Å². The van der Waals surface area contributed by atoms with Crippen LogP contribution in [-0.2, 0) is 6.42 Å². The van der Waals surface area contributed by atoms with Gasteiger partial charge in [-0.3, -0.25) is 0 Å². The van der Waals surface area contributed by atoms with Crippen LogP contribution in [0.1, 0.15) is 31.1 Å². The van der Waals surface area contributed by atoms with Gasteiger partial charge in [0, 0.05) is 24.1 Å². The predicted octanol–water partition coefficient (Wildman–Crippen LogP) is 3.54. The molecule has 0 amide bonds. The van der Waals surface area contributed by atoms with Gasteiger partial charge in [0.15, 0.2) is 11.5 Å². The minimum Gasteiger partial charge on any atom is -0.483 e. The van der Waals surface area contributed by atoms with Gasteiger partial charge < -0.3 is 15.2 Å². The van der Waals surface area contributed by atoms with Crippen LogP contribution in [0, 0.1) is 0 Å². The van der Waals surface area contributed by atoms with E-state index >= 15 is 0 Å². The van der Waals surface area contributed by atoms with Gasteiger partial charge in [-0.05, 0) is 36.7 Å². The quantitative estimate of drug-likeness (QED) is 0.936. The van der Waals surface area contributed by atoms with Gasteiger partial charge in [0.25, 0.3) is 0 Å². The van der Waals surface area contributed by atoms with Gasteiger partial charge in [-0.1, -0.05) is 12.1 Å². The van der Waals surface area contributed by atoms with E-state index in [1.807, 2.05) is 17.5 Å². The third-order valence-electron chi connectivity index (χ3n) is 3.45. The van der Waals surface area contributed by atoms with Crippen LogP contribution < -0.4 is 15.2 Å². The van der Waals surface area contributed by atoms with Gasteiger partial charge in [0.05, 0.1) is 0 Å². The van der Waals surface area contributed by atoms with E-state index in [1.54, 1.807) is 11.3 Å². The topological polar surface area (TPSA) is 44.5 Å². The highest BCUT2D eigenvalue weighted by atomic mass is 32.1. The molecule has 1 aromatic heterocycles. The number of hydrogen-bond donors (Lipinski definition) is 1. The third kappa shape index (κ3) is 2.53. The van der Waals surface area contributed by atoms with Crippen molar-refractivity contribution < 1.29 is 9.47 Å². The third-order valence-corrected chi connectivity index (χ3v) is 4.15. The molecule has 20 heavy (non-hydrogen) atoms. The van der Waals surface area contributed by atoms with Crippen LogP contribution in [-0.4, -0.2) is 12.1 Å². The second kappa shape index (κ2) is 5.11. The molecule has 4 heteroatoms. The second-order valence-electron chi connectivity index (χ2n) is 5.68. The van der Waals surface area contributed by atoms with Crippen molar-refractivity contribution in [2.75, 3.05) is 6.54 Å². The largest absolute Gasteiger partial charge is 0.483 e. The summed E-state index contributed by atoms with van der Waals surface area (Å²) in [6.07, 6.45) is 0.783. The molecule has 1 aliphatic rings. The Morgan fingerprint density at radius 1 is 1.40 bits per heavy atom. The number of thiophene rings is 1. The Morgan fingerprint density at radius 2 is 2.25 bits per heavy atom. The molecule has 2 heterocycles. The van der Waals surface area contributed by atoms with E-state index in [0.717, 1.165) is 23.5 Å². The summed E-state index contributed by atoms with van der Waals surface area (Å²) in [7, 11) is 0. The lowest BCUT2D eigenvalue weighted by Gasteiger charge is -2.21. The number of fused-ring (bicyclic) bond motifs is 1. The SMILES string of the molecule is CC1(C)Cc2cccc(OC(CN)c3ccsc3)c2O1. The standard InChI is InChI=1S/C16H19NO2S/c1-16(2)8-11-4-3-5-13(15(11)19-16)18-14(9-17)12-6-7-20-10-12/h3-7,10,14H,8-9,17H2,1-2H3. The Morgan fingerprint density at radius 3 is 2.95 bits per heavy atom. The summed E-state index contributed by atoms with van der Waals surface area (Å²) >= 11 is 1.65. The lowest BCUT2D eigenvalue weighted by atomic mass is 10.0. The normalized spacial score (nSPS) is 17.4. The van der Waals surface area contributed by atoms with Gasteiger partial charge in [0.2, 0.25) is 0 Å². The van der Waals surface area contributed by atoms with E-state index in [1.165, 1.54) is 5.56 Å². The Bertz CT molecular complexity index is 593. The molecule has 1 atom stereocenters. The lowest BCUT2D eigenvalue weighted by molar-refractivity contribution is 0.126. The van der Waals surface area contributed by atoms with Crippen LogP contribution >= 0.6 is 11.3 Å². The predicted molar refractivity (Wildman–Crippen MR) is 81.6 cm³/mol. The minimum absolute atomic E-state index is 0.125. The summed E-state index contributed by atoms with van der Waals surface area (Å²) in [4.78, 5) is 0. The zero-order valence-electron chi connectivity index (χ0n) is 11.8. The number of nitrogens with two attached hydrogens (primary N) is 1. The van der Waals surface area contributed by atoms with Crippen molar-refractivity contribution in [3.8, 4) is 11.5 Å². The second-order valence-corrected chi connectivity index (χ2v) is 6.46. The van der Waals surface area contributed by atoms with Crippen LogP contribution in [0.3, 0.4) is 0 Å². The van der Waals surface area contributed by atoms with Crippen LogP contribution in [0.25, 0.3) is 0 Å². The van der Waals surface area contributed by atoms with Gasteiger partial charge in [0.1, 0.15) is 11.7 Å². The van der Waals surface area contributed by atoms with E-state index < -0.39 is 0 Å². The Hall–Kier alpha value is -1.52. The van der Waals surface area contributed by atoms with Crippen LogP contribution in [0.2, 0.25) is 0 Å². The lowest BCUT2D eigenvalue weighted by Crippen LogP contribution is -2.25. The summed E-state index contributed by atoms with van der Waals surface area (Å²) in [6, 6.07) is 8.12. The van der Waals surface area contributed by atoms with E-state index in [-0.39, 0.29) is 11.7 Å². The first-order valence-corrected chi connectivity index (χ1v) is 7.73. The van der Waals surface area contributed by atoms with Crippen molar-refractivity contribution in [3.63, 3.8) is 0 Å². The summed E-state index contributed by atoms with van der Waals surface area (Å²) < 4.78 is 12.1. The molecule has 0 aliphatic carbocycles. The molecule has 0 saturated heterocycles. The van der Waals surface area contributed by atoms with E-state index in [2.05, 4.69) is 31.4 Å².